The highest BCUT2D eigenvalue weighted by molar-refractivity contribution is 5.77. The summed E-state index contributed by atoms with van der Waals surface area (Å²) in [6, 6.07) is 0.493. The minimum absolute atomic E-state index is 0.0347. The van der Waals surface area contributed by atoms with Gasteiger partial charge >= 0.3 is 0 Å². The zero-order valence-corrected chi connectivity index (χ0v) is 10.8. The van der Waals surface area contributed by atoms with Crippen molar-refractivity contribution in [3.8, 4) is 0 Å². The average Bonchev–Trinajstić information content (AvgIpc) is 2.22. The zero-order chi connectivity index (χ0) is 12.1. The van der Waals surface area contributed by atoms with Crippen molar-refractivity contribution in [2.75, 3.05) is 26.7 Å². The van der Waals surface area contributed by atoms with E-state index in [-0.39, 0.29) is 11.9 Å². The largest absolute Gasteiger partial charge is 0.340 e. The highest BCUT2D eigenvalue weighted by Gasteiger charge is 2.24. The van der Waals surface area contributed by atoms with E-state index < -0.39 is 0 Å². The molecule has 4 heteroatoms. The minimum atomic E-state index is 0.0347. The molecule has 1 fully saturated rings. The van der Waals surface area contributed by atoms with Gasteiger partial charge in [0, 0.05) is 38.1 Å². The first kappa shape index (κ1) is 13.5. The van der Waals surface area contributed by atoms with E-state index in [1.165, 1.54) is 0 Å². The van der Waals surface area contributed by atoms with Crippen molar-refractivity contribution >= 4 is 5.91 Å². The number of hydrogen-bond donors (Lipinski definition) is 1. The van der Waals surface area contributed by atoms with Crippen molar-refractivity contribution in [3.05, 3.63) is 0 Å². The van der Waals surface area contributed by atoms with Crippen LogP contribution in [0.1, 0.15) is 33.1 Å². The van der Waals surface area contributed by atoms with E-state index in [2.05, 4.69) is 25.8 Å². The van der Waals surface area contributed by atoms with Crippen LogP contribution < -0.4 is 5.73 Å². The summed E-state index contributed by atoms with van der Waals surface area (Å²) in [7, 11) is 2.11. The summed E-state index contributed by atoms with van der Waals surface area (Å²) in [5.74, 6) is 0.223. The Kier molecular flexibility index (Phi) is 5.22. The van der Waals surface area contributed by atoms with Crippen molar-refractivity contribution in [1.82, 2.24) is 9.80 Å². The fourth-order valence-corrected chi connectivity index (χ4v) is 2.10. The fourth-order valence-electron chi connectivity index (χ4n) is 2.10. The molecule has 0 aromatic carbocycles. The predicted molar refractivity (Wildman–Crippen MR) is 66.2 cm³/mol. The Morgan fingerprint density at radius 1 is 1.50 bits per heavy atom. The Bertz CT molecular complexity index is 232. The van der Waals surface area contributed by atoms with Crippen LogP contribution in [0.3, 0.4) is 0 Å². The smallest absolute Gasteiger partial charge is 0.224 e. The molecule has 2 unspecified atom stereocenters. The Hall–Kier alpha value is -0.610. The molecule has 2 atom stereocenters. The molecule has 1 rings (SSSR count). The van der Waals surface area contributed by atoms with E-state index in [0.717, 1.165) is 32.5 Å². The SMILES string of the molecule is CCCC(N)CC(=O)N1CCN(C)C(C)C1. The molecule has 1 aliphatic rings. The molecule has 0 spiro atoms. The van der Waals surface area contributed by atoms with E-state index in [9.17, 15) is 4.79 Å². The molecule has 16 heavy (non-hydrogen) atoms. The summed E-state index contributed by atoms with van der Waals surface area (Å²) in [5, 5.41) is 0. The summed E-state index contributed by atoms with van der Waals surface area (Å²) in [6.07, 6.45) is 2.49. The Balaban J connectivity index is 2.37. The van der Waals surface area contributed by atoms with E-state index in [0.29, 0.717) is 12.5 Å². The lowest BCUT2D eigenvalue weighted by atomic mass is 10.1. The normalized spacial score (nSPS) is 24.5. The fraction of sp³-hybridized carbons (Fsp3) is 0.917. The molecule has 0 radical (unpaired) electrons. The lowest BCUT2D eigenvalue weighted by Gasteiger charge is -2.38. The third-order valence-electron chi connectivity index (χ3n) is 3.41. The van der Waals surface area contributed by atoms with Gasteiger partial charge in [0.15, 0.2) is 0 Å². The van der Waals surface area contributed by atoms with Crippen LogP contribution in [0.25, 0.3) is 0 Å². The van der Waals surface area contributed by atoms with Gasteiger partial charge in [0.25, 0.3) is 0 Å². The van der Waals surface area contributed by atoms with Crippen LogP contribution in [0, 0.1) is 0 Å². The molecule has 0 aromatic heterocycles. The number of hydrogen-bond acceptors (Lipinski definition) is 3. The zero-order valence-electron chi connectivity index (χ0n) is 10.8. The van der Waals surface area contributed by atoms with Crippen LogP contribution in [-0.4, -0.2) is 54.5 Å². The monoisotopic (exact) mass is 227 g/mol. The molecule has 0 saturated carbocycles. The number of carbonyl (C=O) groups is 1. The maximum absolute atomic E-state index is 12.0. The second-order valence-electron chi connectivity index (χ2n) is 4.92. The first-order chi connectivity index (χ1) is 7.54. The van der Waals surface area contributed by atoms with Gasteiger partial charge in [-0.1, -0.05) is 13.3 Å². The van der Waals surface area contributed by atoms with Crippen LogP contribution in [-0.2, 0) is 4.79 Å². The maximum Gasteiger partial charge on any atom is 0.224 e. The van der Waals surface area contributed by atoms with Gasteiger partial charge in [-0.3, -0.25) is 4.79 Å². The Morgan fingerprint density at radius 2 is 2.19 bits per heavy atom. The molecule has 0 bridgehead atoms. The molecule has 1 heterocycles. The van der Waals surface area contributed by atoms with E-state index in [1.807, 2.05) is 4.90 Å². The number of nitrogens with two attached hydrogens (primary N) is 1. The highest BCUT2D eigenvalue weighted by atomic mass is 16.2. The van der Waals surface area contributed by atoms with Gasteiger partial charge in [-0.2, -0.15) is 0 Å². The van der Waals surface area contributed by atoms with Gasteiger partial charge < -0.3 is 15.5 Å². The first-order valence-corrected chi connectivity index (χ1v) is 6.28. The maximum atomic E-state index is 12.0. The lowest BCUT2D eigenvalue weighted by molar-refractivity contribution is -0.134. The number of piperazine rings is 1. The van der Waals surface area contributed by atoms with E-state index >= 15 is 0 Å². The lowest BCUT2D eigenvalue weighted by Crippen LogP contribution is -2.52. The number of nitrogens with zero attached hydrogens (tertiary/aromatic N) is 2. The second kappa shape index (κ2) is 6.21. The van der Waals surface area contributed by atoms with Gasteiger partial charge in [0.2, 0.25) is 5.91 Å². The summed E-state index contributed by atoms with van der Waals surface area (Å²) < 4.78 is 0. The van der Waals surface area contributed by atoms with Gasteiger partial charge in [-0.05, 0) is 20.4 Å². The molecule has 4 nitrogen and oxygen atoms in total. The third kappa shape index (κ3) is 3.76. The van der Waals surface area contributed by atoms with Crippen LogP contribution >= 0.6 is 0 Å². The summed E-state index contributed by atoms with van der Waals surface area (Å²) >= 11 is 0. The summed E-state index contributed by atoms with van der Waals surface area (Å²) in [6.45, 7) is 6.91. The second-order valence-corrected chi connectivity index (χ2v) is 4.92. The van der Waals surface area contributed by atoms with Crippen LogP contribution in [0.2, 0.25) is 0 Å². The van der Waals surface area contributed by atoms with Crippen LogP contribution in [0.4, 0.5) is 0 Å². The predicted octanol–water partition coefficient (Wildman–Crippen LogP) is 0.666. The van der Waals surface area contributed by atoms with Crippen molar-refractivity contribution in [2.45, 2.75) is 45.2 Å². The summed E-state index contributed by atoms with van der Waals surface area (Å²) in [4.78, 5) is 16.2. The number of amides is 1. The number of rotatable bonds is 4. The molecule has 0 aromatic rings. The number of likely N-dealkylation sites (N-methyl/N-ethyl adjacent to an activating group) is 1. The van der Waals surface area contributed by atoms with Crippen molar-refractivity contribution in [2.24, 2.45) is 5.73 Å². The van der Waals surface area contributed by atoms with Gasteiger partial charge in [-0.15, -0.1) is 0 Å². The highest BCUT2D eigenvalue weighted by Crippen LogP contribution is 2.10. The quantitative estimate of drug-likeness (QED) is 0.768. The standard InChI is InChI=1S/C12H25N3O/c1-4-5-11(13)8-12(16)15-7-6-14(3)10(2)9-15/h10-11H,4-9,13H2,1-3H3. The van der Waals surface area contributed by atoms with Gasteiger partial charge in [0.05, 0.1) is 0 Å². The molecular weight excluding hydrogens is 202 g/mol. The van der Waals surface area contributed by atoms with Gasteiger partial charge in [0.1, 0.15) is 0 Å². The third-order valence-corrected chi connectivity index (χ3v) is 3.41. The van der Waals surface area contributed by atoms with Crippen LogP contribution in [0.5, 0.6) is 0 Å². The van der Waals surface area contributed by atoms with Gasteiger partial charge in [-0.25, -0.2) is 0 Å². The molecule has 94 valence electrons. The molecular formula is C12H25N3O. The molecule has 1 aliphatic heterocycles. The average molecular weight is 227 g/mol. The summed E-state index contributed by atoms with van der Waals surface area (Å²) in [5.41, 5.74) is 5.90. The van der Waals surface area contributed by atoms with Crippen LogP contribution in [0.15, 0.2) is 0 Å². The molecule has 1 saturated heterocycles. The first-order valence-electron chi connectivity index (χ1n) is 6.28. The van der Waals surface area contributed by atoms with Crippen molar-refractivity contribution in [1.29, 1.82) is 0 Å². The van der Waals surface area contributed by atoms with Crippen molar-refractivity contribution < 1.29 is 4.79 Å². The Labute approximate surface area is 98.8 Å². The number of carbonyl (C=O) groups excluding carboxylic acids is 1. The minimum Gasteiger partial charge on any atom is -0.340 e. The van der Waals surface area contributed by atoms with E-state index in [4.69, 9.17) is 5.73 Å². The molecule has 0 aliphatic carbocycles. The molecule has 2 N–H and O–H groups in total. The molecule has 1 amide bonds. The topological polar surface area (TPSA) is 49.6 Å². The Morgan fingerprint density at radius 3 is 2.75 bits per heavy atom. The van der Waals surface area contributed by atoms with Crippen molar-refractivity contribution in [3.63, 3.8) is 0 Å². The van der Waals surface area contributed by atoms with E-state index in [1.54, 1.807) is 0 Å².